The average Bonchev–Trinajstić information content (AvgIpc) is 3.34. The molecule has 0 radical (unpaired) electrons. The van der Waals surface area contributed by atoms with Crippen LogP contribution in [0.4, 0.5) is 5.69 Å². The van der Waals surface area contributed by atoms with Gasteiger partial charge in [-0.15, -0.1) is 11.3 Å². The fraction of sp³-hybridized carbons (Fsp3) is 0.200. The lowest BCUT2D eigenvalue weighted by molar-refractivity contribution is 0.0985. The topological polar surface area (TPSA) is 51.7 Å². The van der Waals surface area contributed by atoms with E-state index in [1.807, 2.05) is 46.7 Å². The van der Waals surface area contributed by atoms with E-state index in [0.717, 1.165) is 22.7 Å². The molecule has 0 aliphatic carbocycles. The van der Waals surface area contributed by atoms with E-state index in [9.17, 15) is 4.79 Å². The van der Waals surface area contributed by atoms with Gasteiger partial charge in [0.2, 0.25) is 0 Å². The number of carbonyl (C=O) groups is 1. The molecule has 0 bridgehead atoms. The molecule has 0 fully saturated rings. The molecule has 0 saturated carbocycles. The summed E-state index contributed by atoms with van der Waals surface area (Å²) in [5, 5.41) is 2.59. The van der Waals surface area contributed by atoms with Crippen LogP contribution in [-0.4, -0.2) is 31.7 Å². The molecule has 0 saturated heterocycles. The molecule has 0 unspecified atom stereocenters. The van der Waals surface area contributed by atoms with Gasteiger partial charge in [0, 0.05) is 23.2 Å². The van der Waals surface area contributed by atoms with Crippen LogP contribution in [-0.2, 0) is 6.42 Å². The Bertz CT molecular complexity index is 967. The molecule has 3 aromatic rings. The molecule has 1 aromatic heterocycles. The molecule has 2 aromatic carbocycles. The molecule has 1 aliphatic rings. The number of amides is 1. The molecule has 1 amide bonds. The quantitative estimate of drug-likeness (QED) is 0.700. The molecule has 0 N–H and O–H groups in total. The highest BCUT2D eigenvalue weighted by Crippen LogP contribution is 2.34. The number of rotatable bonds is 4. The third-order valence-corrected chi connectivity index (χ3v) is 5.38. The number of carbonyl (C=O) groups excluding carboxylic acids is 1. The SMILES string of the molecule is COc1ccc(-c2nc(C(=O)N3CCc4ccccc43)cs2)cc1OC. The number of hydrogen-bond acceptors (Lipinski definition) is 5. The van der Waals surface area contributed by atoms with Crippen LogP contribution in [0.15, 0.2) is 47.8 Å². The number of methoxy groups -OCH3 is 2. The van der Waals surface area contributed by atoms with Crippen LogP contribution in [0.5, 0.6) is 11.5 Å². The van der Waals surface area contributed by atoms with Gasteiger partial charge >= 0.3 is 0 Å². The normalized spacial score (nSPS) is 12.8. The van der Waals surface area contributed by atoms with Gasteiger partial charge in [-0.2, -0.15) is 0 Å². The minimum absolute atomic E-state index is 0.0575. The summed E-state index contributed by atoms with van der Waals surface area (Å²) < 4.78 is 10.6. The zero-order chi connectivity index (χ0) is 18.1. The van der Waals surface area contributed by atoms with Crippen LogP contribution in [0.2, 0.25) is 0 Å². The van der Waals surface area contributed by atoms with Gasteiger partial charge in [-0.25, -0.2) is 4.98 Å². The van der Waals surface area contributed by atoms with E-state index in [1.165, 1.54) is 16.9 Å². The third kappa shape index (κ3) is 2.82. The number of hydrogen-bond donors (Lipinski definition) is 0. The van der Waals surface area contributed by atoms with E-state index in [4.69, 9.17) is 9.47 Å². The van der Waals surface area contributed by atoms with Gasteiger partial charge < -0.3 is 14.4 Å². The van der Waals surface area contributed by atoms with E-state index in [0.29, 0.717) is 23.7 Å². The van der Waals surface area contributed by atoms with E-state index in [-0.39, 0.29) is 5.91 Å². The van der Waals surface area contributed by atoms with Crippen molar-refractivity contribution in [2.24, 2.45) is 0 Å². The Morgan fingerprint density at radius 1 is 1.12 bits per heavy atom. The Labute approximate surface area is 155 Å². The second-order valence-electron chi connectivity index (χ2n) is 5.94. The van der Waals surface area contributed by atoms with E-state index in [1.54, 1.807) is 14.2 Å². The van der Waals surface area contributed by atoms with Crippen LogP contribution in [0.3, 0.4) is 0 Å². The standard InChI is InChI=1S/C20H18N2O3S/c1-24-17-8-7-14(11-18(17)25-2)19-21-15(12-26-19)20(23)22-10-9-13-5-3-4-6-16(13)22/h3-8,11-12H,9-10H2,1-2H3. The number of anilines is 1. The van der Waals surface area contributed by atoms with Crippen LogP contribution in [0.1, 0.15) is 16.1 Å². The highest BCUT2D eigenvalue weighted by atomic mass is 32.1. The molecule has 2 heterocycles. The molecule has 26 heavy (non-hydrogen) atoms. The van der Waals surface area contributed by atoms with Crippen molar-refractivity contribution in [1.29, 1.82) is 0 Å². The maximum atomic E-state index is 12.9. The maximum Gasteiger partial charge on any atom is 0.277 e. The largest absolute Gasteiger partial charge is 0.493 e. The van der Waals surface area contributed by atoms with E-state index >= 15 is 0 Å². The summed E-state index contributed by atoms with van der Waals surface area (Å²) in [6.07, 6.45) is 0.884. The van der Waals surface area contributed by atoms with Gasteiger partial charge in [-0.3, -0.25) is 4.79 Å². The van der Waals surface area contributed by atoms with Crippen molar-refractivity contribution < 1.29 is 14.3 Å². The predicted octanol–water partition coefficient (Wildman–Crippen LogP) is 4.03. The van der Waals surface area contributed by atoms with Crippen molar-refractivity contribution in [2.75, 3.05) is 25.7 Å². The Hall–Kier alpha value is -2.86. The summed E-state index contributed by atoms with van der Waals surface area (Å²) in [5.74, 6) is 1.25. The van der Waals surface area contributed by atoms with Crippen LogP contribution < -0.4 is 14.4 Å². The monoisotopic (exact) mass is 366 g/mol. The third-order valence-electron chi connectivity index (χ3n) is 4.49. The highest BCUT2D eigenvalue weighted by Gasteiger charge is 2.26. The van der Waals surface area contributed by atoms with Crippen molar-refractivity contribution >= 4 is 22.9 Å². The number of nitrogens with zero attached hydrogens (tertiary/aromatic N) is 2. The first-order valence-corrected chi connectivity index (χ1v) is 9.17. The smallest absolute Gasteiger partial charge is 0.277 e. The molecule has 6 heteroatoms. The van der Waals surface area contributed by atoms with Crippen molar-refractivity contribution in [1.82, 2.24) is 4.98 Å². The van der Waals surface area contributed by atoms with Crippen molar-refractivity contribution in [2.45, 2.75) is 6.42 Å². The zero-order valence-corrected chi connectivity index (χ0v) is 15.4. The minimum atomic E-state index is -0.0575. The second-order valence-corrected chi connectivity index (χ2v) is 6.80. The van der Waals surface area contributed by atoms with Gasteiger partial charge in [-0.05, 0) is 36.2 Å². The lowest BCUT2D eigenvalue weighted by Crippen LogP contribution is -2.29. The van der Waals surface area contributed by atoms with Gasteiger partial charge in [0.05, 0.1) is 14.2 Å². The number of fused-ring (bicyclic) bond motifs is 1. The number of para-hydroxylation sites is 1. The molecule has 132 valence electrons. The van der Waals surface area contributed by atoms with Crippen molar-refractivity contribution in [3.05, 3.63) is 59.1 Å². The average molecular weight is 366 g/mol. The highest BCUT2D eigenvalue weighted by molar-refractivity contribution is 7.13. The van der Waals surface area contributed by atoms with Gasteiger partial charge in [-0.1, -0.05) is 18.2 Å². The van der Waals surface area contributed by atoms with Crippen LogP contribution in [0.25, 0.3) is 10.6 Å². The van der Waals surface area contributed by atoms with Crippen LogP contribution >= 0.6 is 11.3 Å². The first kappa shape index (κ1) is 16.6. The molecule has 4 rings (SSSR count). The number of benzene rings is 2. The minimum Gasteiger partial charge on any atom is -0.493 e. The van der Waals surface area contributed by atoms with Gasteiger partial charge in [0.1, 0.15) is 10.7 Å². The molecule has 1 aliphatic heterocycles. The summed E-state index contributed by atoms with van der Waals surface area (Å²) in [6.45, 7) is 0.696. The summed E-state index contributed by atoms with van der Waals surface area (Å²) in [5.41, 5.74) is 3.55. The van der Waals surface area contributed by atoms with Gasteiger partial charge in [0.25, 0.3) is 5.91 Å². The number of thiazole rings is 1. The lowest BCUT2D eigenvalue weighted by Gasteiger charge is -2.15. The fourth-order valence-electron chi connectivity index (χ4n) is 3.16. The Morgan fingerprint density at radius 3 is 2.73 bits per heavy atom. The van der Waals surface area contributed by atoms with E-state index in [2.05, 4.69) is 11.1 Å². The Kier molecular flexibility index (Phi) is 4.34. The summed E-state index contributed by atoms with van der Waals surface area (Å²) in [6, 6.07) is 13.6. The predicted molar refractivity (Wildman–Crippen MR) is 102 cm³/mol. The lowest BCUT2D eigenvalue weighted by atomic mass is 10.2. The zero-order valence-electron chi connectivity index (χ0n) is 14.6. The Morgan fingerprint density at radius 2 is 1.92 bits per heavy atom. The molecule has 5 nitrogen and oxygen atoms in total. The van der Waals surface area contributed by atoms with E-state index < -0.39 is 0 Å². The summed E-state index contributed by atoms with van der Waals surface area (Å²) >= 11 is 1.45. The molecular weight excluding hydrogens is 348 g/mol. The van der Waals surface area contributed by atoms with Crippen LogP contribution in [0, 0.1) is 0 Å². The second kappa shape index (κ2) is 6.80. The number of ether oxygens (including phenoxy) is 2. The van der Waals surface area contributed by atoms with Crippen molar-refractivity contribution in [3.63, 3.8) is 0 Å². The molecule has 0 spiro atoms. The Balaban J connectivity index is 1.62. The molecular formula is C20H18N2O3S. The summed E-state index contributed by atoms with van der Waals surface area (Å²) in [4.78, 5) is 19.3. The first-order chi connectivity index (χ1) is 12.7. The van der Waals surface area contributed by atoms with Crippen molar-refractivity contribution in [3.8, 4) is 22.1 Å². The fourth-order valence-corrected chi connectivity index (χ4v) is 3.95. The van der Waals surface area contributed by atoms with Gasteiger partial charge in [0.15, 0.2) is 11.5 Å². The summed E-state index contributed by atoms with van der Waals surface area (Å²) in [7, 11) is 3.20. The molecule has 0 atom stereocenters. The maximum absolute atomic E-state index is 12.9. The number of aromatic nitrogens is 1. The first-order valence-electron chi connectivity index (χ1n) is 8.29.